The number of hydrazone groups is 1. The normalized spacial score (nSPS) is 10.6. The molecule has 0 radical (unpaired) electrons. The number of hydrogen-bond donors (Lipinski definition) is 2. The van der Waals surface area contributed by atoms with Crippen LogP contribution in [0.2, 0.25) is 0 Å². The number of rotatable bonds is 6. The number of carbonyl (C=O) groups is 1. The molecule has 0 saturated carbocycles. The Morgan fingerprint density at radius 2 is 2.41 bits per heavy atom. The van der Waals surface area contributed by atoms with E-state index in [1.165, 1.54) is 6.21 Å². The summed E-state index contributed by atoms with van der Waals surface area (Å²) in [5.41, 5.74) is 8.98. The van der Waals surface area contributed by atoms with Gasteiger partial charge in [0.2, 0.25) is 0 Å². The van der Waals surface area contributed by atoms with Crippen LogP contribution in [0.25, 0.3) is 0 Å². The fourth-order valence-electron chi connectivity index (χ4n) is 1.27. The van der Waals surface area contributed by atoms with Crippen LogP contribution in [0.3, 0.4) is 0 Å². The van der Waals surface area contributed by atoms with Crippen LogP contribution in [-0.2, 0) is 11.3 Å². The zero-order valence-corrected chi connectivity index (χ0v) is 9.85. The number of nitrogens with two attached hydrogens (primary N) is 1. The van der Waals surface area contributed by atoms with Gasteiger partial charge in [0.1, 0.15) is 0 Å². The standard InChI is InChI=1S/C12H17N3O2/c1-2-6-17-9-11-5-3-4-10(7-11)8-14-15-12(13)16/h3-5,7-8H,2,6,9H2,1H3,(H3,13,15,16). The average Bonchev–Trinajstić information content (AvgIpc) is 2.29. The van der Waals surface area contributed by atoms with E-state index < -0.39 is 6.03 Å². The number of primary amides is 1. The predicted molar refractivity (Wildman–Crippen MR) is 66.7 cm³/mol. The molecule has 92 valence electrons. The summed E-state index contributed by atoms with van der Waals surface area (Å²) in [6, 6.07) is 7.05. The predicted octanol–water partition coefficient (Wildman–Crippen LogP) is 1.62. The summed E-state index contributed by atoms with van der Waals surface area (Å²) in [4.78, 5) is 10.4. The van der Waals surface area contributed by atoms with Gasteiger partial charge in [-0.3, -0.25) is 0 Å². The zero-order chi connectivity index (χ0) is 12.5. The van der Waals surface area contributed by atoms with Gasteiger partial charge < -0.3 is 10.5 Å². The molecule has 0 aliphatic rings. The fourth-order valence-corrected chi connectivity index (χ4v) is 1.27. The molecule has 0 aromatic heterocycles. The molecule has 3 N–H and O–H groups in total. The maximum Gasteiger partial charge on any atom is 0.332 e. The Labute approximate surface area is 101 Å². The summed E-state index contributed by atoms with van der Waals surface area (Å²) < 4.78 is 5.43. The lowest BCUT2D eigenvalue weighted by molar-refractivity contribution is 0.121. The van der Waals surface area contributed by atoms with Gasteiger partial charge in [0, 0.05) is 6.61 Å². The van der Waals surface area contributed by atoms with E-state index in [0.29, 0.717) is 6.61 Å². The largest absolute Gasteiger partial charge is 0.377 e. The maximum atomic E-state index is 10.4. The van der Waals surface area contributed by atoms with E-state index >= 15 is 0 Å². The number of hydrogen-bond acceptors (Lipinski definition) is 3. The third-order valence-electron chi connectivity index (χ3n) is 1.96. The van der Waals surface area contributed by atoms with Crippen molar-refractivity contribution >= 4 is 12.2 Å². The van der Waals surface area contributed by atoms with Crippen LogP contribution < -0.4 is 11.2 Å². The first-order chi connectivity index (χ1) is 8.22. The van der Waals surface area contributed by atoms with Crippen LogP contribution in [0.5, 0.6) is 0 Å². The van der Waals surface area contributed by atoms with Gasteiger partial charge in [-0.15, -0.1) is 0 Å². The second-order valence-electron chi connectivity index (χ2n) is 3.53. The van der Waals surface area contributed by atoms with Gasteiger partial charge in [-0.05, 0) is 23.6 Å². The Balaban J connectivity index is 2.53. The molecule has 17 heavy (non-hydrogen) atoms. The quantitative estimate of drug-likeness (QED) is 0.446. The van der Waals surface area contributed by atoms with Crippen LogP contribution in [0.15, 0.2) is 29.4 Å². The number of benzene rings is 1. The van der Waals surface area contributed by atoms with Gasteiger partial charge in [-0.25, -0.2) is 10.2 Å². The van der Waals surface area contributed by atoms with E-state index in [9.17, 15) is 4.79 Å². The van der Waals surface area contributed by atoms with E-state index in [2.05, 4.69) is 17.5 Å². The molecule has 5 nitrogen and oxygen atoms in total. The Hall–Kier alpha value is -1.88. The first-order valence-electron chi connectivity index (χ1n) is 5.47. The molecule has 0 heterocycles. The maximum absolute atomic E-state index is 10.4. The van der Waals surface area contributed by atoms with Gasteiger partial charge in [0.05, 0.1) is 12.8 Å². The second kappa shape index (κ2) is 7.40. The molecule has 0 spiro atoms. The number of ether oxygens (including phenoxy) is 1. The van der Waals surface area contributed by atoms with E-state index in [4.69, 9.17) is 10.5 Å². The van der Waals surface area contributed by atoms with Gasteiger partial charge in [-0.1, -0.05) is 25.1 Å². The number of carbonyl (C=O) groups excluding carboxylic acids is 1. The van der Waals surface area contributed by atoms with Gasteiger partial charge >= 0.3 is 6.03 Å². The highest BCUT2D eigenvalue weighted by Gasteiger charge is 1.94. The topological polar surface area (TPSA) is 76.7 Å². The van der Waals surface area contributed by atoms with Crippen molar-refractivity contribution in [2.45, 2.75) is 20.0 Å². The summed E-state index contributed by atoms with van der Waals surface area (Å²) in [5, 5.41) is 3.69. The summed E-state index contributed by atoms with van der Waals surface area (Å²) in [7, 11) is 0. The first kappa shape index (κ1) is 13.2. The highest BCUT2D eigenvalue weighted by molar-refractivity contribution is 5.81. The van der Waals surface area contributed by atoms with E-state index in [1.54, 1.807) is 0 Å². The first-order valence-corrected chi connectivity index (χ1v) is 5.47. The van der Waals surface area contributed by atoms with Crippen molar-refractivity contribution in [2.24, 2.45) is 10.8 Å². The van der Waals surface area contributed by atoms with Crippen LogP contribution in [0.4, 0.5) is 4.79 Å². The molecule has 0 fully saturated rings. The second-order valence-corrected chi connectivity index (χ2v) is 3.53. The minimum atomic E-state index is -0.677. The van der Waals surface area contributed by atoms with Gasteiger partial charge in [0.15, 0.2) is 0 Å². The van der Waals surface area contributed by atoms with Crippen molar-refractivity contribution in [3.63, 3.8) is 0 Å². The number of amides is 2. The van der Waals surface area contributed by atoms with Crippen LogP contribution in [0, 0.1) is 0 Å². The smallest absolute Gasteiger partial charge is 0.332 e. The Bertz CT molecular complexity index is 391. The van der Waals surface area contributed by atoms with Crippen molar-refractivity contribution in [3.8, 4) is 0 Å². The lowest BCUT2D eigenvalue weighted by Crippen LogP contribution is -2.24. The van der Waals surface area contributed by atoms with Crippen LogP contribution >= 0.6 is 0 Å². The molecule has 0 saturated heterocycles. The van der Waals surface area contributed by atoms with Crippen molar-refractivity contribution in [3.05, 3.63) is 35.4 Å². The van der Waals surface area contributed by atoms with E-state index in [0.717, 1.165) is 24.2 Å². The van der Waals surface area contributed by atoms with E-state index in [-0.39, 0.29) is 0 Å². The van der Waals surface area contributed by atoms with Crippen molar-refractivity contribution in [1.82, 2.24) is 5.43 Å². The third kappa shape index (κ3) is 5.67. The molecule has 0 unspecified atom stereocenters. The molecule has 5 heteroatoms. The highest BCUT2D eigenvalue weighted by atomic mass is 16.5. The van der Waals surface area contributed by atoms with Crippen molar-refractivity contribution < 1.29 is 9.53 Å². The molecule has 1 rings (SSSR count). The lowest BCUT2D eigenvalue weighted by Gasteiger charge is -2.03. The summed E-state index contributed by atoms with van der Waals surface area (Å²) in [6.07, 6.45) is 2.54. The molecule has 1 aromatic rings. The average molecular weight is 235 g/mol. The number of nitrogens with one attached hydrogen (secondary N) is 1. The molecular formula is C12H17N3O2. The summed E-state index contributed by atoms with van der Waals surface area (Å²) in [6.45, 7) is 3.40. The number of nitrogens with zero attached hydrogens (tertiary/aromatic N) is 1. The molecule has 2 amide bonds. The highest BCUT2D eigenvalue weighted by Crippen LogP contribution is 2.05. The van der Waals surface area contributed by atoms with E-state index in [1.807, 2.05) is 24.3 Å². The Morgan fingerprint density at radius 3 is 3.12 bits per heavy atom. The summed E-state index contributed by atoms with van der Waals surface area (Å²) >= 11 is 0. The molecule has 0 aliphatic carbocycles. The molecule has 0 bridgehead atoms. The zero-order valence-electron chi connectivity index (χ0n) is 9.85. The van der Waals surface area contributed by atoms with Gasteiger partial charge in [0.25, 0.3) is 0 Å². The minimum Gasteiger partial charge on any atom is -0.377 e. The fraction of sp³-hybridized carbons (Fsp3) is 0.333. The molecule has 0 aliphatic heterocycles. The van der Waals surface area contributed by atoms with Gasteiger partial charge in [-0.2, -0.15) is 5.10 Å². The molecular weight excluding hydrogens is 218 g/mol. The third-order valence-corrected chi connectivity index (χ3v) is 1.96. The summed E-state index contributed by atoms with van der Waals surface area (Å²) in [5.74, 6) is 0. The minimum absolute atomic E-state index is 0.582. The molecule has 0 atom stereocenters. The SMILES string of the molecule is CCCOCc1cccc(C=NNC(N)=O)c1. The number of urea groups is 1. The molecule has 1 aromatic carbocycles. The van der Waals surface area contributed by atoms with Crippen LogP contribution in [0.1, 0.15) is 24.5 Å². The lowest BCUT2D eigenvalue weighted by atomic mass is 10.1. The Kier molecular flexibility index (Phi) is 5.74. The Morgan fingerprint density at radius 1 is 1.59 bits per heavy atom. The van der Waals surface area contributed by atoms with Crippen LogP contribution in [-0.4, -0.2) is 18.9 Å². The van der Waals surface area contributed by atoms with Crippen molar-refractivity contribution in [2.75, 3.05) is 6.61 Å². The monoisotopic (exact) mass is 235 g/mol. The van der Waals surface area contributed by atoms with Crippen molar-refractivity contribution in [1.29, 1.82) is 0 Å².